The molecule has 1 unspecified atom stereocenters. The summed E-state index contributed by atoms with van der Waals surface area (Å²) in [5, 5.41) is 1.02. The van der Waals surface area contributed by atoms with E-state index in [1.54, 1.807) is 18.3 Å². The Kier molecular flexibility index (Phi) is 5.13. The molecule has 0 spiro atoms. The van der Waals surface area contributed by atoms with E-state index in [9.17, 15) is 9.59 Å². The van der Waals surface area contributed by atoms with Gasteiger partial charge in [-0.3, -0.25) is 4.79 Å². The van der Waals surface area contributed by atoms with Crippen molar-refractivity contribution in [3.8, 4) is 0 Å². The molecule has 5 rings (SSSR count). The van der Waals surface area contributed by atoms with Crippen molar-refractivity contribution in [2.45, 2.75) is 32.9 Å². The largest absolute Gasteiger partial charge is 0.465 e. The number of methoxy groups -OCH3 is 1. The van der Waals surface area contributed by atoms with Crippen LogP contribution in [0, 0.1) is 12.8 Å². The van der Waals surface area contributed by atoms with E-state index in [4.69, 9.17) is 4.74 Å². The van der Waals surface area contributed by atoms with E-state index < -0.39 is 0 Å². The van der Waals surface area contributed by atoms with Crippen LogP contribution in [0.3, 0.4) is 0 Å². The normalized spacial score (nSPS) is 15.7. The Hall–Kier alpha value is -3.67. The number of aryl methyl sites for hydroxylation is 1. The lowest BCUT2D eigenvalue weighted by Crippen LogP contribution is -2.27. The van der Waals surface area contributed by atoms with Crippen LogP contribution in [0.15, 0.2) is 60.9 Å². The van der Waals surface area contributed by atoms with Crippen LogP contribution in [0.2, 0.25) is 0 Å². The maximum Gasteiger partial charge on any atom is 0.337 e. The molecule has 0 aliphatic heterocycles. The quantitative estimate of drug-likeness (QED) is 0.442. The molecule has 2 aromatic heterocycles. The number of imidazole rings is 1. The van der Waals surface area contributed by atoms with Crippen LogP contribution in [0.5, 0.6) is 0 Å². The molecule has 2 aromatic carbocycles. The first kappa shape index (κ1) is 20.2. The third-order valence-electron chi connectivity index (χ3n) is 6.48. The molecule has 4 aromatic rings. The molecule has 0 saturated heterocycles. The first-order valence-corrected chi connectivity index (χ1v) is 10.9. The molecule has 6 heteroatoms. The molecule has 0 N–H and O–H groups in total. The number of benzene rings is 2. The Morgan fingerprint density at radius 3 is 2.66 bits per heavy atom. The highest BCUT2D eigenvalue weighted by Crippen LogP contribution is 2.35. The zero-order valence-electron chi connectivity index (χ0n) is 18.2. The molecule has 1 aliphatic carbocycles. The lowest BCUT2D eigenvalue weighted by Gasteiger charge is -2.24. The summed E-state index contributed by atoms with van der Waals surface area (Å²) in [5.41, 5.74) is 4.64. The molecule has 0 amide bonds. The standard InChI is InChI=1S/C26H25N3O3/c1-17-27-13-14-28(17)16-20-11-12-23-24(25(20)30)21-5-3-4-6-22(21)29(23)15-18-7-9-19(10-8-18)26(31)32-2/h3-10,13-14,20H,11-12,15-16H2,1-2H3. The molecular formula is C26H25N3O3. The molecule has 1 atom stereocenters. The van der Waals surface area contributed by atoms with Crippen LogP contribution in [-0.2, 0) is 24.2 Å². The summed E-state index contributed by atoms with van der Waals surface area (Å²) in [6.45, 7) is 3.28. The number of rotatable bonds is 5. The van der Waals surface area contributed by atoms with Crippen molar-refractivity contribution in [2.75, 3.05) is 7.11 Å². The summed E-state index contributed by atoms with van der Waals surface area (Å²) in [6, 6.07) is 15.6. The summed E-state index contributed by atoms with van der Waals surface area (Å²) >= 11 is 0. The van der Waals surface area contributed by atoms with E-state index in [0.717, 1.165) is 46.4 Å². The summed E-state index contributed by atoms with van der Waals surface area (Å²) in [4.78, 5) is 29.6. The van der Waals surface area contributed by atoms with E-state index in [1.165, 1.54) is 7.11 Å². The SMILES string of the molecule is COC(=O)c1ccc(Cn2c3c(c4ccccc42)C(=O)C(Cn2ccnc2C)CC3)cc1. The molecule has 0 bridgehead atoms. The second-order valence-electron chi connectivity index (χ2n) is 8.34. The van der Waals surface area contributed by atoms with Crippen molar-refractivity contribution in [3.05, 3.63) is 89.1 Å². The molecule has 2 heterocycles. The van der Waals surface area contributed by atoms with Gasteiger partial charge < -0.3 is 13.9 Å². The number of aromatic nitrogens is 3. The first-order valence-electron chi connectivity index (χ1n) is 10.9. The number of nitrogens with zero attached hydrogens (tertiary/aromatic N) is 3. The van der Waals surface area contributed by atoms with Gasteiger partial charge in [-0.15, -0.1) is 0 Å². The minimum absolute atomic E-state index is 0.0472. The molecular weight excluding hydrogens is 402 g/mol. The van der Waals surface area contributed by atoms with Crippen molar-refractivity contribution >= 4 is 22.7 Å². The maximum atomic E-state index is 13.6. The number of fused-ring (bicyclic) bond motifs is 3. The predicted molar refractivity (Wildman–Crippen MR) is 122 cm³/mol. The van der Waals surface area contributed by atoms with E-state index in [2.05, 4.69) is 20.2 Å². The Morgan fingerprint density at radius 2 is 1.94 bits per heavy atom. The summed E-state index contributed by atoms with van der Waals surface area (Å²) in [5.74, 6) is 0.760. The molecule has 1 aliphatic rings. The second kappa shape index (κ2) is 8.11. The van der Waals surface area contributed by atoms with Gasteiger partial charge in [0.05, 0.1) is 12.7 Å². The topological polar surface area (TPSA) is 66.1 Å². The number of ketones is 1. The van der Waals surface area contributed by atoms with Gasteiger partial charge in [-0.2, -0.15) is 0 Å². The third-order valence-corrected chi connectivity index (χ3v) is 6.48. The van der Waals surface area contributed by atoms with Crippen molar-refractivity contribution in [2.24, 2.45) is 5.92 Å². The number of hydrogen-bond donors (Lipinski definition) is 0. The smallest absolute Gasteiger partial charge is 0.337 e. The second-order valence-corrected chi connectivity index (χ2v) is 8.34. The predicted octanol–water partition coefficient (Wildman–Crippen LogP) is 4.43. The Labute approximate surface area is 186 Å². The number of ether oxygens (including phenoxy) is 1. The fourth-order valence-electron chi connectivity index (χ4n) is 4.77. The number of esters is 1. The van der Waals surface area contributed by atoms with E-state index >= 15 is 0 Å². The number of carbonyl (C=O) groups is 2. The zero-order valence-corrected chi connectivity index (χ0v) is 18.2. The van der Waals surface area contributed by atoms with Gasteiger partial charge in [0.2, 0.25) is 0 Å². The third kappa shape index (κ3) is 3.42. The van der Waals surface area contributed by atoms with Crippen LogP contribution < -0.4 is 0 Å². The van der Waals surface area contributed by atoms with Gasteiger partial charge in [0.15, 0.2) is 5.78 Å². The minimum atomic E-state index is -0.342. The van der Waals surface area contributed by atoms with Crippen LogP contribution in [0.1, 0.15) is 44.2 Å². The van der Waals surface area contributed by atoms with Crippen LogP contribution in [0.4, 0.5) is 0 Å². The molecule has 0 fully saturated rings. The fourth-order valence-corrected chi connectivity index (χ4v) is 4.77. The Bertz CT molecular complexity index is 1310. The number of Topliss-reactive ketones (excluding diaryl/α,β-unsaturated/α-hetero) is 1. The van der Waals surface area contributed by atoms with Gasteiger partial charge in [0.25, 0.3) is 0 Å². The van der Waals surface area contributed by atoms with E-state index in [0.29, 0.717) is 18.7 Å². The highest BCUT2D eigenvalue weighted by molar-refractivity contribution is 6.11. The molecule has 0 radical (unpaired) electrons. The fraction of sp³-hybridized carbons (Fsp3) is 0.269. The maximum absolute atomic E-state index is 13.6. The average Bonchev–Trinajstić information content (AvgIpc) is 3.37. The van der Waals surface area contributed by atoms with E-state index in [-0.39, 0.29) is 17.7 Å². The average molecular weight is 428 g/mol. The lowest BCUT2D eigenvalue weighted by molar-refractivity contribution is 0.0600. The zero-order chi connectivity index (χ0) is 22.2. The summed E-state index contributed by atoms with van der Waals surface area (Å²) < 4.78 is 9.12. The highest BCUT2D eigenvalue weighted by Gasteiger charge is 2.33. The number of hydrogen-bond acceptors (Lipinski definition) is 4. The van der Waals surface area contributed by atoms with Gasteiger partial charge in [-0.25, -0.2) is 9.78 Å². The van der Waals surface area contributed by atoms with Gasteiger partial charge in [-0.1, -0.05) is 30.3 Å². The van der Waals surface area contributed by atoms with Crippen LogP contribution in [-0.4, -0.2) is 33.0 Å². The van der Waals surface area contributed by atoms with Gasteiger partial charge in [0.1, 0.15) is 5.82 Å². The number of para-hydroxylation sites is 1. The van der Waals surface area contributed by atoms with Gasteiger partial charge in [0, 0.05) is 53.6 Å². The first-order chi connectivity index (χ1) is 15.6. The summed E-state index contributed by atoms with van der Waals surface area (Å²) in [7, 11) is 1.38. The Balaban J connectivity index is 1.50. The van der Waals surface area contributed by atoms with Crippen molar-refractivity contribution in [3.63, 3.8) is 0 Å². The van der Waals surface area contributed by atoms with Crippen LogP contribution in [0.25, 0.3) is 10.9 Å². The molecule has 32 heavy (non-hydrogen) atoms. The van der Waals surface area contributed by atoms with Crippen LogP contribution >= 0.6 is 0 Å². The van der Waals surface area contributed by atoms with Crippen molar-refractivity contribution < 1.29 is 14.3 Å². The highest BCUT2D eigenvalue weighted by atomic mass is 16.5. The van der Waals surface area contributed by atoms with Gasteiger partial charge >= 0.3 is 5.97 Å². The number of carbonyl (C=O) groups excluding carboxylic acids is 2. The lowest BCUT2D eigenvalue weighted by atomic mass is 9.85. The van der Waals surface area contributed by atoms with Gasteiger partial charge in [-0.05, 0) is 43.5 Å². The molecule has 162 valence electrons. The molecule has 6 nitrogen and oxygen atoms in total. The van der Waals surface area contributed by atoms with Crippen molar-refractivity contribution in [1.29, 1.82) is 0 Å². The monoisotopic (exact) mass is 427 g/mol. The minimum Gasteiger partial charge on any atom is -0.465 e. The molecule has 0 saturated carbocycles. The Morgan fingerprint density at radius 1 is 1.16 bits per heavy atom. The van der Waals surface area contributed by atoms with Crippen molar-refractivity contribution in [1.82, 2.24) is 14.1 Å². The summed E-state index contributed by atoms with van der Waals surface area (Å²) in [6.07, 6.45) is 5.40. The van der Waals surface area contributed by atoms with E-state index in [1.807, 2.05) is 43.5 Å².